The molecule has 0 amide bonds. The van der Waals surface area contributed by atoms with Crippen LogP contribution in [0.25, 0.3) is 0 Å². The lowest BCUT2D eigenvalue weighted by Crippen LogP contribution is -2.29. The highest BCUT2D eigenvalue weighted by atomic mass is 16.8. The summed E-state index contributed by atoms with van der Waals surface area (Å²) >= 11 is 0. The van der Waals surface area contributed by atoms with Gasteiger partial charge >= 0.3 is 0 Å². The molecule has 0 aromatic heterocycles. The van der Waals surface area contributed by atoms with Gasteiger partial charge in [-0.1, -0.05) is 0 Å². The van der Waals surface area contributed by atoms with Crippen LogP contribution in [0.3, 0.4) is 0 Å². The molecule has 0 saturated carbocycles. The molecule has 3 atom stereocenters. The summed E-state index contributed by atoms with van der Waals surface area (Å²) in [5.41, 5.74) is 0. The number of fused-ring (bicyclic) bond motifs is 1. The van der Waals surface area contributed by atoms with Crippen LogP contribution in [0.1, 0.15) is 13.8 Å². The van der Waals surface area contributed by atoms with E-state index in [4.69, 9.17) is 14.2 Å². The van der Waals surface area contributed by atoms with E-state index >= 15 is 0 Å². The Morgan fingerprint density at radius 3 is 2.73 bits per heavy atom. The van der Waals surface area contributed by atoms with Gasteiger partial charge in [0.05, 0.1) is 6.61 Å². The van der Waals surface area contributed by atoms with E-state index in [0.29, 0.717) is 6.61 Å². The summed E-state index contributed by atoms with van der Waals surface area (Å²) in [6.07, 6.45) is -1.22. The lowest BCUT2D eigenvalue weighted by atomic mass is 10.2. The van der Waals surface area contributed by atoms with Crippen molar-refractivity contribution < 1.29 is 19.3 Å². The van der Waals surface area contributed by atoms with E-state index in [1.165, 1.54) is 0 Å². The molecule has 2 unspecified atom stereocenters. The third kappa shape index (κ3) is 1.16. The Morgan fingerprint density at radius 2 is 2.09 bits per heavy atom. The minimum Gasteiger partial charge on any atom is -0.366 e. The van der Waals surface area contributed by atoms with Gasteiger partial charge < -0.3 is 19.3 Å². The molecule has 0 radical (unpaired) electrons. The number of aliphatic hydroxyl groups excluding tert-OH is 1. The first kappa shape index (κ1) is 7.49. The van der Waals surface area contributed by atoms with Crippen molar-refractivity contribution in [3.05, 3.63) is 0 Å². The summed E-state index contributed by atoms with van der Waals surface area (Å²) in [7, 11) is 0. The molecule has 2 rings (SSSR count). The number of ether oxygens (including phenoxy) is 3. The van der Waals surface area contributed by atoms with E-state index in [2.05, 4.69) is 0 Å². The van der Waals surface area contributed by atoms with Crippen molar-refractivity contribution in [3.8, 4) is 0 Å². The minimum absolute atomic E-state index is 0.0972. The standard InChI is InChI=1S/C7H12O4/c1-7(2)10-4-3-9-6(8)5(4)11-7/h4-6,8H,3H2,1-2H3/t4?,5-,6?/m0/s1. The predicted octanol–water partition coefficient (Wildman–Crippen LogP) is -0.145. The fourth-order valence-corrected chi connectivity index (χ4v) is 1.52. The van der Waals surface area contributed by atoms with Gasteiger partial charge in [-0.3, -0.25) is 0 Å². The Hall–Kier alpha value is -0.160. The second-order valence-corrected chi connectivity index (χ2v) is 3.36. The summed E-state index contributed by atoms with van der Waals surface area (Å²) in [6.45, 7) is 4.09. The van der Waals surface area contributed by atoms with Gasteiger partial charge in [0.2, 0.25) is 0 Å². The molecule has 4 heteroatoms. The number of rotatable bonds is 0. The second-order valence-electron chi connectivity index (χ2n) is 3.36. The Labute approximate surface area is 65.1 Å². The van der Waals surface area contributed by atoms with Crippen molar-refractivity contribution >= 4 is 0 Å². The molecule has 64 valence electrons. The number of aliphatic hydroxyl groups is 1. The quantitative estimate of drug-likeness (QED) is 0.535. The van der Waals surface area contributed by atoms with Crippen LogP contribution >= 0.6 is 0 Å². The van der Waals surface area contributed by atoms with Gasteiger partial charge in [-0.05, 0) is 13.8 Å². The molecule has 0 aromatic rings. The average molecular weight is 160 g/mol. The molecule has 0 spiro atoms. The Morgan fingerprint density at radius 1 is 1.36 bits per heavy atom. The molecule has 2 aliphatic rings. The molecule has 11 heavy (non-hydrogen) atoms. The van der Waals surface area contributed by atoms with Gasteiger partial charge in [0.1, 0.15) is 12.2 Å². The molecule has 4 nitrogen and oxygen atoms in total. The number of hydrogen-bond donors (Lipinski definition) is 1. The van der Waals surface area contributed by atoms with Gasteiger partial charge in [-0.15, -0.1) is 0 Å². The van der Waals surface area contributed by atoms with Crippen molar-refractivity contribution in [2.75, 3.05) is 6.61 Å². The molecule has 1 N–H and O–H groups in total. The summed E-state index contributed by atoms with van der Waals surface area (Å²) in [5.74, 6) is -0.569. The van der Waals surface area contributed by atoms with E-state index in [1.54, 1.807) is 0 Å². The second kappa shape index (κ2) is 2.17. The average Bonchev–Trinajstić information content (AvgIpc) is 2.31. The normalized spacial score (nSPS) is 47.7. The largest absolute Gasteiger partial charge is 0.366 e. The number of hydrogen-bond acceptors (Lipinski definition) is 4. The lowest BCUT2D eigenvalue weighted by Gasteiger charge is -2.19. The zero-order valence-corrected chi connectivity index (χ0v) is 6.61. The van der Waals surface area contributed by atoms with Crippen molar-refractivity contribution in [1.82, 2.24) is 0 Å². The topological polar surface area (TPSA) is 47.9 Å². The van der Waals surface area contributed by atoms with Crippen LogP contribution < -0.4 is 0 Å². The maximum atomic E-state index is 9.20. The Kier molecular flexibility index (Phi) is 1.47. The van der Waals surface area contributed by atoms with Crippen molar-refractivity contribution in [3.63, 3.8) is 0 Å². The predicted molar refractivity (Wildman–Crippen MR) is 35.8 cm³/mol. The fourth-order valence-electron chi connectivity index (χ4n) is 1.52. The molecule has 2 aliphatic heterocycles. The highest BCUT2D eigenvalue weighted by molar-refractivity contribution is 4.87. The molecule has 2 saturated heterocycles. The van der Waals surface area contributed by atoms with Gasteiger partial charge in [-0.2, -0.15) is 0 Å². The van der Waals surface area contributed by atoms with E-state index in [9.17, 15) is 5.11 Å². The Bertz CT molecular complexity index is 168. The van der Waals surface area contributed by atoms with E-state index < -0.39 is 12.1 Å². The molecule has 0 bridgehead atoms. The van der Waals surface area contributed by atoms with Crippen molar-refractivity contribution in [2.24, 2.45) is 0 Å². The van der Waals surface area contributed by atoms with Crippen LogP contribution in [0.2, 0.25) is 0 Å². The van der Waals surface area contributed by atoms with Gasteiger partial charge in [0, 0.05) is 0 Å². The summed E-state index contributed by atoms with van der Waals surface area (Å²) in [4.78, 5) is 0. The first-order valence-corrected chi connectivity index (χ1v) is 3.74. The van der Waals surface area contributed by atoms with Crippen LogP contribution in [-0.2, 0) is 14.2 Å². The van der Waals surface area contributed by atoms with Gasteiger partial charge in [0.25, 0.3) is 0 Å². The zero-order chi connectivity index (χ0) is 8.06. The van der Waals surface area contributed by atoms with Gasteiger partial charge in [-0.25, -0.2) is 0 Å². The van der Waals surface area contributed by atoms with E-state index in [0.717, 1.165) is 0 Å². The monoisotopic (exact) mass is 160 g/mol. The van der Waals surface area contributed by atoms with Crippen LogP contribution in [0.4, 0.5) is 0 Å². The smallest absolute Gasteiger partial charge is 0.184 e. The maximum Gasteiger partial charge on any atom is 0.184 e. The molecule has 0 aliphatic carbocycles. The van der Waals surface area contributed by atoms with Crippen molar-refractivity contribution in [1.29, 1.82) is 0 Å². The third-order valence-corrected chi connectivity index (χ3v) is 1.93. The summed E-state index contributed by atoms with van der Waals surface area (Å²) in [5, 5.41) is 9.20. The summed E-state index contributed by atoms with van der Waals surface area (Å²) < 4.78 is 15.7. The molecular formula is C7H12O4. The van der Waals surface area contributed by atoms with E-state index in [1.807, 2.05) is 13.8 Å². The van der Waals surface area contributed by atoms with Crippen LogP contribution in [-0.4, -0.2) is 36.0 Å². The molecule has 2 fully saturated rings. The first-order valence-electron chi connectivity index (χ1n) is 3.74. The van der Waals surface area contributed by atoms with Crippen LogP contribution in [0, 0.1) is 0 Å². The highest BCUT2D eigenvalue weighted by Gasteiger charge is 2.49. The molecular weight excluding hydrogens is 148 g/mol. The zero-order valence-electron chi connectivity index (χ0n) is 6.61. The van der Waals surface area contributed by atoms with Crippen LogP contribution in [0.5, 0.6) is 0 Å². The Balaban J connectivity index is 2.10. The fraction of sp³-hybridized carbons (Fsp3) is 1.00. The summed E-state index contributed by atoms with van der Waals surface area (Å²) in [6, 6.07) is 0. The minimum atomic E-state index is -0.818. The highest BCUT2D eigenvalue weighted by Crippen LogP contribution is 2.33. The van der Waals surface area contributed by atoms with E-state index in [-0.39, 0.29) is 12.2 Å². The third-order valence-electron chi connectivity index (χ3n) is 1.93. The first-order chi connectivity index (χ1) is 5.08. The molecule has 0 aromatic carbocycles. The maximum absolute atomic E-state index is 9.20. The van der Waals surface area contributed by atoms with Crippen LogP contribution in [0.15, 0.2) is 0 Å². The van der Waals surface area contributed by atoms with Gasteiger partial charge in [0.15, 0.2) is 12.1 Å². The lowest BCUT2D eigenvalue weighted by molar-refractivity contribution is -0.205. The van der Waals surface area contributed by atoms with Crippen molar-refractivity contribution in [2.45, 2.75) is 38.1 Å². The SMILES string of the molecule is CC1(C)OC2COC(O)[C@H]2O1. The molecule has 2 heterocycles.